The van der Waals surface area contributed by atoms with Crippen molar-refractivity contribution in [1.82, 2.24) is 15.5 Å². The van der Waals surface area contributed by atoms with E-state index in [0.717, 1.165) is 0 Å². The summed E-state index contributed by atoms with van der Waals surface area (Å²) in [5.74, 6) is -1.90. The third-order valence-electron chi connectivity index (χ3n) is 3.63. The number of carbonyl (C=O) groups excluding carboxylic acids is 1. The number of carboxylic acids is 1. The predicted octanol–water partition coefficient (Wildman–Crippen LogP) is 2.13. The molecule has 0 aliphatic heterocycles. The van der Waals surface area contributed by atoms with Crippen LogP contribution in [0.4, 0.5) is 0 Å². The summed E-state index contributed by atoms with van der Waals surface area (Å²) in [6.45, 7) is 0. The van der Waals surface area contributed by atoms with Gasteiger partial charge in [0.2, 0.25) is 0 Å². The van der Waals surface area contributed by atoms with Crippen molar-refractivity contribution in [3.05, 3.63) is 75.2 Å². The number of carboxylic acid groups (broad SMARTS) is 1. The van der Waals surface area contributed by atoms with Gasteiger partial charge in [0.05, 0.1) is 5.39 Å². The normalized spacial score (nSPS) is 11.9. The number of H-pyrrole nitrogens is 1. The van der Waals surface area contributed by atoms with Crippen LogP contribution in [0.2, 0.25) is 5.02 Å². The molecule has 0 spiro atoms. The molecule has 3 N–H and O–H groups in total. The number of aromatic nitrogens is 2. The van der Waals surface area contributed by atoms with Gasteiger partial charge in [-0.1, -0.05) is 29.8 Å². The van der Waals surface area contributed by atoms with Crippen molar-refractivity contribution in [3.8, 4) is 0 Å². The van der Waals surface area contributed by atoms with Gasteiger partial charge in [-0.3, -0.25) is 9.59 Å². The van der Waals surface area contributed by atoms with Crippen LogP contribution in [-0.4, -0.2) is 27.2 Å². The van der Waals surface area contributed by atoms with E-state index in [1.807, 2.05) is 0 Å². The number of hydrogen-bond acceptors (Lipinski definition) is 4. The fraction of sp³-hybridized carbons (Fsp3) is 0.0588. The van der Waals surface area contributed by atoms with Crippen molar-refractivity contribution in [3.63, 3.8) is 0 Å². The van der Waals surface area contributed by atoms with Gasteiger partial charge >= 0.3 is 5.97 Å². The van der Waals surface area contributed by atoms with Crippen LogP contribution in [0.25, 0.3) is 10.8 Å². The molecule has 1 unspecified atom stereocenters. The van der Waals surface area contributed by atoms with Gasteiger partial charge in [-0.25, -0.2) is 9.89 Å². The average molecular weight is 358 g/mol. The third-order valence-corrected chi connectivity index (χ3v) is 3.88. The Kier molecular flexibility index (Phi) is 4.49. The van der Waals surface area contributed by atoms with Crippen LogP contribution in [0, 0.1) is 0 Å². The number of aliphatic carboxylic acids is 1. The standard InChI is InChI=1S/C17H12ClN3O4/c18-10-7-5-9(6-8-10)15(22)19-14(17(24)25)13-11-3-1-2-4-12(11)16(23)21-20-13/h1-8,14H,(H,19,22)(H,21,23)(H,24,25). The lowest BCUT2D eigenvalue weighted by molar-refractivity contribution is -0.139. The number of nitrogens with zero attached hydrogens (tertiary/aromatic N) is 1. The second-order valence-corrected chi connectivity index (χ2v) is 5.67. The summed E-state index contributed by atoms with van der Waals surface area (Å²) in [5, 5.41) is 19.1. The molecule has 0 aliphatic rings. The molecule has 0 fully saturated rings. The van der Waals surface area contributed by atoms with Crippen LogP contribution in [0.15, 0.2) is 53.3 Å². The molecular formula is C17H12ClN3O4. The maximum Gasteiger partial charge on any atom is 0.332 e. The molecule has 1 heterocycles. The number of rotatable bonds is 4. The molecule has 1 atom stereocenters. The maximum absolute atomic E-state index is 12.3. The van der Waals surface area contributed by atoms with Crippen LogP contribution < -0.4 is 10.9 Å². The Morgan fingerprint density at radius 2 is 1.72 bits per heavy atom. The summed E-state index contributed by atoms with van der Waals surface area (Å²) < 4.78 is 0. The van der Waals surface area contributed by atoms with Crippen LogP contribution in [0.3, 0.4) is 0 Å². The number of fused-ring (bicyclic) bond motifs is 1. The quantitative estimate of drug-likeness (QED) is 0.662. The topological polar surface area (TPSA) is 112 Å². The first-order valence-electron chi connectivity index (χ1n) is 7.24. The third kappa shape index (κ3) is 3.36. The van der Waals surface area contributed by atoms with E-state index in [0.29, 0.717) is 15.8 Å². The van der Waals surface area contributed by atoms with Crippen LogP contribution >= 0.6 is 11.6 Å². The molecule has 0 aliphatic carbocycles. The Morgan fingerprint density at radius 1 is 1.08 bits per heavy atom. The van der Waals surface area contributed by atoms with Gasteiger partial charge in [-0.2, -0.15) is 5.10 Å². The average Bonchev–Trinajstić information content (AvgIpc) is 2.61. The fourth-order valence-electron chi connectivity index (χ4n) is 2.42. The second kappa shape index (κ2) is 6.74. The smallest absolute Gasteiger partial charge is 0.332 e. The van der Waals surface area contributed by atoms with Crippen molar-refractivity contribution >= 4 is 34.2 Å². The second-order valence-electron chi connectivity index (χ2n) is 5.24. The summed E-state index contributed by atoms with van der Waals surface area (Å²) >= 11 is 5.78. The Balaban J connectivity index is 2.01. The summed E-state index contributed by atoms with van der Waals surface area (Å²) in [4.78, 5) is 35.8. The van der Waals surface area contributed by atoms with Crippen molar-refractivity contribution in [2.45, 2.75) is 6.04 Å². The van der Waals surface area contributed by atoms with Crippen LogP contribution in [0.1, 0.15) is 22.1 Å². The summed E-state index contributed by atoms with van der Waals surface area (Å²) in [5.41, 5.74) is -0.137. The van der Waals surface area contributed by atoms with E-state index < -0.39 is 23.5 Å². The molecule has 1 aromatic heterocycles. The highest BCUT2D eigenvalue weighted by Gasteiger charge is 2.26. The van der Waals surface area contributed by atoms with Gasteiger partial charge in [-0.05, 0) is 30.3 Å². The Labute approximate surface area is 146 Å². The van der Waals surface area contributed by atoms with Gasteiger partial charge in [0.1, 0.15) is 5.69 Å². The molecule has 8 heteroatoms. The zero-order valence-electron chi connectivity index (χ0n) is 12.7. The number of hydrogen-bond donors (Lipinski definition) is 3. The van der Waals surface area contributed by atoms with Gasteiger partial charge in [0.15, 0.2) is 6.04 Å². The molecule has 3 rings (SSSR count). The highest BCUT2D eigenvalue weighted by molar-refractivity contribution is 6.30. The number of benzene rings is 2. The molecule has 0 saturated carbocycles. The molecule has 126 valence electrons. The zero-order valence-corrected chi connectivity index (χ0v) is 13.4. The molecule has 0 radical (unpaired) electrons. The number of nitrogens with one attached hydrogen (secondary N) is 2. The molecule has 3 aromatic rings. The van der Waals surface area contributed by atoms with Crippen molar-refractivity contribution < 1.29 is 14.7 Å². The Morgan fingerprint density at radius 3 is 2.36 bits per heavy atom. The molecule has 0 bridgehead atoms. The monoisotopic (exact) mass is 357 g/mol. The zero-order chi connectivity index (χ0) is 18.0. The Hall–Kier alpha value is -3.19. The summed E-state index contributed by atoms with van der Waals surface area (Å²) in [7, 11) is 0. The summed E-state index contributed by atoms with van der Waals surface area (Å²) in [6, 6.07) is 11.0. The Bertz CT molecular complexity index is 1010. The number of halogens is 1. The number of carbonyl (C=O) groups is 2. The van der Waals surface area contributed by atoms with Gasteiger partial charge in [0, 0.05) is 16.0 Å². The minimum absolute atomic E-state index is 0.0463. The van der Waals surface area contributed by atoms with E-state index in [4.69, 9.17) is 11.6 Å². The first kappa shape index (κ1) is 16.7. The van der Waals surface area contributed by atoms with Gasteiger partial charge in [-0.15, -0.1) is 0 Å². The van der Waals surface area contributed by atoms with E-state index in [2.05, 4.69) is 15.5 Å². The minimum atomic E-state index is -1.43. The molecule has 2 aromatic carbocycles. The molecule has 25 heavy (non-hydrogen) atoms. The van der Waals surface area contributed by atoms with Crippen molar-refractivity contribution in [2.75, 3.05) is 0 Å². The molecule has 0 saturated heterocycles. The summed E-state index contributed by atoms with van der Waals surface area (Å²) in [6.07, 6.45) is 0. The van der Waals surface area contributed by atoms with Crippen molar-refractivity contribution in [2.24, 2.45) is 0 Å². The number of amides is 1. The SMILES string of the molecule is O=C(NC(C(=O)O)c1n[nH]c(=O)c2ccccc12)c1ccc(Cl)cc1. The van der Waals surface area contributed by atoms with Crippen LogP contribution in [0.5, 0.6) is 0 Å². The maximum atomic E-state index is 12.3. The largest absolute Gasteiger partial charge is 0.479 e. The lowest BCUT2D eigenvalue weighted by Crippen LogP contribution is -2.35. The van der Waals surface area contributed by atoms with E-state index in [1.54, 1.807) is 24.3 Å². The van der Waals surface area contributed by atoms with E-state index in [9.17, 15) is 19.5 Å². The number of aromatic amines is 1. The lowest BCUT2D eigenvalue weighted by Gasteiger charge is -2.15. The van der Waals surface area contributed by atoms with E-state index in [-0.39, 0.29) is 11.3 Å². The fourth-order valence-corrected chi connectivity index (χ4v) is 2.54. The van der Waals surface area contributed by atoms with Gasteiger partial charge < -0.3 is 10.4 Å². The molecular weight excluding hydrogens is 346 g/mol. The lowest BCUT2D eigenvalue weighted by atomic mass is 10.1. The van der Waals surface area contributed by atoms with E-state index in [1.165, 1.54) is 24.3 Å². The predicted molar refractivity (Wildman–Crippen MR) is 91.7 cm³/mol. The van der Waals surface area contributed by atoms with Crippen molar-refractivity contribution in [1.29, 1.82) is 0 Å². The highest BCUT2D eigenvalue weighted by Crippen LogP contribution is 2.20. The first-order valence-corrected chi connectivity index (χ1v) is 7.61. The minimum Gasteiger partial charge on any atom is -0.479 e. The van der Waals surface area contributed by atoms with E-state index >= 15 is 0 Å². The first-order chi connectivity index (χ1) is 12.0. The molecule has 1 amide bonds. The van der Waals surface area contributed by atoms with Crippen LogP contribution in [-0.2, 0) is 4.79 Å². The highest BCUT2D eigenvalue weighted by atomic mass is 35.5. The molecule has 7 nitrogen and oxygen atoms in total. The van der Waals surface area contributed by atoms with Gasteiger partial charge in [0.25, 0.3) is 11.5 Å².